The van der Waals surface area contributed by atoms with Crippen molar-refractivity contribution in [2.24, 2.45) is 0 Å². The fourth-order valence-electron chi connectivity index (χ4n) is 4.72. The number of hydrogen-bond donors (Lipinski definition) is 5. The lowest BCUT2D eigenvalue weighted by Crippen LogP contribution is -2.46. The first kappa shape index (κ1) is 22.5. The molecule has 4 aromatic rings. The number of nitrogens with one attached hydrogen (secondary N) is 4. The topological polar surface area (TPSA) is 168 Å². The van der Waals surface area contributed by atoms with Crippen molar-refractivity contribution >= 4 is 39.8 Å². The van der Waals surface area contributed by atoms with Crippen LogP contribution in [0.15, 0.2) is 46.6 Å². The highest BCUT2D eigenvalue weighted by Crippen LogP contribution is 2.35. The summed E-state index contributed by atoms with van der Waals surface area (Å²) >= 11 is 0. The first-order valence-electron chi connectivity index (χ1n) is 11.8. The largest absolute Gasteiger partial charge is 0.508 e. The molecule has 37 heavy (non-hydrogen) atoms. The van der Waals surface area contributed by atoms with Gasteiger partial charge >= 0.3 is 0 Å². The smallest absolute Gasteiger partial charge is 0.298 e. The van der Waals surface area contributed by atoms with Crippen LogP contribution in [0.5, 0.6) is 5.75 Å². The molecule has 3 aromatic heterocycles. The number of H-pyrrole nitrogens is 2. The number of carbonyl (C=O) groups excluding carboxylic acids is 1. The van der Waals surface area contributed by atoms with Crippen molar-refractivity contribution in [3.63, 3.8) is 0 Å². The Labute approximate surface area is 209 Å². The molecule has 0 fully saturated rings. The average Bonchev–Trinajstić information content (AvgIpc) is 3.60. The molecular weight excluding hydrogens is 480 g/mol. The first-order valence-corrected chi connectivity index (χ1v) is 11.8. The standard InChI is InChI=1S/C23H24N10O4/c1-2-17(35)29-31-12-30(6-5-13-8-24-16-4-3-14(34)7-15(13)16)19-22(37)28-11-33(23(19)31)32-10-27-18-20(32)25-9-26-21(18)36/h3-4,7-9,11,24,27,34H,2,5-6,10,12H2,1H3,(H,29,35)(H,25,26,36). The summed E-state index contributed by atoms with van der Waals surface area (Å²) in [7, 11) is 0. The highest BCUT2D eigenvalue weighted by atomic mass is 16.3. The first-order chi connectivity index (χ1) is 17.9. The van der Waals surface area contributed by atoms with E-state index in [2.05, 4.69) is 30.7 Å². The van der Waals surface area contributed by atoms with E-state index in [1.165, 1.54) is 12.7 Å². The number of phenolic OH excluding ortho intramolecular Hbond substituents is 1. The van der Waals surface area contributed by atoms with Crippen LogP contribution in [-0.4, -0.2) is 55.5 Å². The van der Waals surface area contributed by atoms with Crippen molar-refractivity contribution in [2.75, 3.05) is 40.1 Å². The lowest BCUT2D eigenvalue weighted by Gasteiger charge is -2.27. The zero-order chi connectivity index (χ0) is 25.7. The Bertz CT molecular complexity index is 1640. The molecule has 0 saturated carbocycles. The van der Waals surface area contributed by atoms with Gasteiger partial charge in [-0.05, 0) is 30.2 Å². The fraction of sp³-hybridized carbons (Fsp3) is 0.261. The lowest BCUT2D eigenvalue weighted by atomic mass is 10.1. The lowest BCUT2D eigenvalue weighted by molar-refractivity contribution is -0.120. The molecule has 190 valence electrons. The number of hydrazine groups is 1. The minimum atomic E-state index is -0.442. The summed E-state index contributed by atoms with van der Waals surface area (Å²) in [5.41, 5.74) is 4.60. The van der Waals surface area contributed by atoms with Gasteiger partial charge in [0.2, 0.25) is 5.91 Å². The molecule has 14 nitrogen and oxygen atoms in total. The molecule has 1 aromatic carbocycles. The number of hydrogen-bond acceptors (Lipinski definition) is 10. The van der Waals surface area contributed by atoms with Crippen LogP contribution in [0.1, 0.15) is 18.9 Å². The maximum atomic E-state index is 13.1. The number of nitrogens with zero attached hydrogens (tertiary/aromatic N) is 6. The van der Waals surface area contributed by atoms with Crippen molar-refractivity contribution in [3.05, 3.63) is 63.3 Å². The van der Waals surface area contributed by atoms with E-state index in [1.54, 1.807) is 33.8 Å². The molecule has 0 bridgehead atoms. The van der Waals surface area contributed by atoms with E-state index in [0.29, 0.717) is 36.0 Å². The van der Waals surface area contributed by atoms with Crippen LogP contribution < -0.4 is 36.8 Å². The van der Waals surface area contributed by atoms with Crippen molar-refractivity contribution in [3.8, 4) is 5.75 Å². The summed E-state index contributed by atoms with van der Waals surface area (Å²) in [5, 5.41) is 17.1. The van der Waals surface area contributed by atoms with Crippen LogP contribution in [0.4, 0.5) is 23.0 Å². The van der Waals surface area contributed by atoms with Crippen molar-refractivity contribution in [1.29, 1.82) is 0 Å². The Morgan fingerprint density at radius 1 is 1.22 bits per heavy atom. The van der Waals surface area contributed by atoms with Gasteiger partial charge in [-0.1, -0.05) is 6.92 Å². The van der Waals surface area contributed by atoms with Gasteiger partial charge in [0.15, 0.2) is 17.3 Å². The van der Waals surface area contributed by atoms with E-state index < -0.39 is 5.56 Å². The molecule has 2 aliphatic rings. The van der Waals surface area contributed by atoms with Crippen LogP contribution in [0.25, 0.3) is 10.9 Å². The zero-order valence-corrected chi connectivity index (χ0v) is 19.9. The molecule has 14 heteroatoms. The van der Waals surface area contributed by atoms with Gasteiger partial charge in [0.05, 0.1) is 6.33 Å². The summed E-state index contributed by atoms with van der Waals surface area (Å²) in [5.74, 6) is 0.739. The average molecular weight is 505 g/mol. The highest BCUT2D eigenvalue weighted by Gasteiger charge is 2.36. The zero-order valence-electron chi connectivity index (χ0n) is 19.9. The molecule has 5 N–H and O–H groups in total. The molecule has 0 atom stereocenters. The van der Waals surface area contributed by atoms with Crippen LogP contribution in [0.3, 0.4) is 0 Å². The van der Waals surface area contributed by atoms with Gasteiger partial charge in [0.1, 0.15) is 31.1 Å². The minimum absolute atomic E-state index is 0.173. The Balaban J connectivity index is 1.39. The normalized spacial score (nSPS) is 14.1. The predicted octanol–water partition coefficient (Wildman–Crippen LogP) is 0.434. The van der Waals surface area contributed by atoms with Crippen LogP contribution in [0.2, 0.25) is 0 Å². The van der Waals surface area contributed by atoms with Gasteiger partial charge in [-0.3, -0.25) is 19.8 Å². The molecule has 0 spiro atoms. The third-order valence-corrected chi connectivity index (χ3v) is 6.53. The van der Waals surface area contributed by atoms with E-state index in [0.717, 1.165) is 16.5 Å². The van der Waals surface area contributed by atoms with Gasteiger partial charge in [0, 0.05) is 30.1 Å². The molecule has 0 aliphatic carbocycles. The van der Waals surface area contributed by atoms with Crippen molar-refractivity contribution in [2.45, 2.75) is 19.8 Å². The number of aromatic nitrogens is 5. The Kier molecular flexibility index (Phi) is 5.21. The van der Waals surface area contributed by atoms with Gasteiger partial charge in [0.25, 0.3) is 11.1 Å². The number of fused-ring (bicyclic) bond motifs is 3. The van der Waals surface area contributed by atoms with E-state index in [4.69, 9.17) is 0 Å². The third-order valence-electron chi connectivity index (χ3n) is 6.53. The summed E-state index contributed by atoms with van der Waals surface area (Å²) in [6.07, 6.45) is 5.37. The summed E-state index contributed by atoms with van der Waals surface area (Å²) < 4.78 is 1.61. The van der Waals surface area contributed by atoms with E-state index in [-0.39, 0.29) is 37.0 Å². The van der Waals surface area contributed by atoms with E-state index in [9.17, 15) is 19.5 Å². The molecule has 6 rings (SSSR count). The molecule has 2 aliphatic heterocycles. The van der Waals surface area contributed by atoms with Gasteiger partial charge in [-0.15, -0.1) is 0 Å². The SMILES string of the molecule is CCC(=O)NN1CN(CCc2c[nH]c3ccc(O)cc23)c2c1n(N1CNc3c1nc[nH]c3=O)cnc2=O. The predicted molar refractivity (Wildman–Crippen MR) is 137 cm³/mol. The van der Waals surface area contributed by atoms with Gasteiger partial charge in [-0.25, -0.2) is 19.7 Å². The number of aromatic hydroxyl groups is 1. The molecule has 0 unspecified atom stereocenters. The quantitative estimate of drug-likeness (QED) is 0.248. The number of aromatic amines is 2. The fourth-order valence-corrected chi connectivity index (χ4v) is 4.72. The van der Waals surface area contributed by atoms with Crippen LogP contribution in [-0.2, 0) is 11.2 Å². The van der Waals surface area contributed by atoms with E-state index in [1.807, 2.05) is 17.2 Å². The minimum Gasteiger partial charge on any atom is -0.508 e. The van der Waals surface area contributed by atoms with Crippen LogP contribution in [0, 0.1) is 0 Å². The number of benzene rings is 1. The maximum Gasteiger partial charge on any atom is 0.298 e. The maximum absolute atomic E-state index is 13.1. The van der Waals surface area contributed by atoms with Crippen molar-refractivity contribution < 1.29 is 9.90 Å². The van der Waals surface area contributed by atoms with Crippen molar-refractivity contribution in [1.82, 2.24) is 30.0 Å². The summed E-state index contributed by atoms with van der Waals surface area (Å²) in [4.78, 5) is 53.6. The van der Waals surface area contributed by atoms with Gasteiger partial charge < -0.3 is 25.3 Å². The monoisotopic (exact) mass is 504 g/mol. The Morgan fingerprint density at radius 3 is 2.92 bits per heavy atom. The molecule has 5 heterocycles. The molecule has 0 radical (unpaired) electrons. The number of amides is 1. The van der Waals surface area contributed by atoms with Crippen LogP contribution >= 0.6 is 0 Å². The highest BCUT2D eigenvalue weighted by molar-refractivity contribution is 5.85. The molecule has 0 saturated heterocycles. The third kappa shape index (κ3) is 3.69. The summed E-state index contributed by atoms with van der Waals surface area (Å²) in [6, 6.07) is 5.13. The number of phenols is 1. The number of anilines is 4. The second-order valence-corrected chi connectivity index (χ2v) is 8.75. The molecule has 1 amide bonds. The Hall–Kier alpha value is -5.01. The second kappa shape index (κ2) is 8.58. The summed E-state index contributed by atoms with van der Waals surface area (Å²) in [6.45, 7) is 2.61. The Morgan fingerprint density at radius 2 is 2.08 bits per heavy atom. The second-order valence-electron chi connectivity index (χ2n) is 8.75. The van der Waals surface area contributed by atoms with Gasteiger partial charge in [-0.2, -0.15) is 4.98 Å². The number of carbonyl (C=O) groups is 1. The molecular formula is C23H24N10O4. The van der Waals surface area contributed by atoms with E-state index >= 15 is 0 Å². The number of rotatable bonds is 6.